The molecule has 1 aromatic rings. The van der Waals surface area contributed by atoms with Crippen molar-refractivity contribution in [2.75, 3.05) is 38.1 Å². The lowest BCUT2D eigenvalue weighted by Gasteiger charge is -2.36. The molecule has 0 bridgehead atoms. The number of hydrogen-bond donors (Lipinski definition) is 1. The molecular formula is C18H24FN3O3. The number of nitrogens with zero attached hydrogens (tertiary/aromatic N) is 2. The molecule has 7 heteroatoms. The van der Waals surface area contributed by atoms with E-state index >= 15 is 0 Å². The summed E-state index contributed by atoms with van der Waals surface area (Å²) in [6.45, 7) is 5.94. The van der Waals surface area contributed by atoms with Gasteiger partial charge in [0.25, 0.3) is 5.91 Å². The molecule has 25 heavy (non-hydrogen) atoms. The van der Waals surface area contributed by atoms with Gasteiger partial charge in [-0.3, -0.25) is 14.5 Å². The van der Waals surface area contributed by atoms with Crippen LogP contribution in [0.5, 0.6) is 0 Å². The Labute approximate surface area is 146 Å². The molecule has 3 rings (SSSR count). The molecule has 1 aromatic carbocycles. The van der Waals surface area contributed by atoms with Crippen LogP contribution in [0.4, 0.5) is 10.1 Å². The number of rotatable bonds is 5. The lowest BCUT2D eigenvalue weighted by atomic mass is 10.1. The van der Waals surface area contributed by atoms with Crippen LogP contribution in [-0.2, 0) is 20.9 Å². The van der Waals surface area contributed by atoms with Crippen LogP contribution in [0.1, 0.15) is 24.0 Å². The molecule has 1 atom stereocenters. The van der Waals surface area contributed by atoms with Gasteiger partial charge in [-0.05, 0) is 43.0 Å². The summed E-state index contributed by atoms with van der Waals surface area (Å²) < 4.78 is 19.3. The molecular weight excluding hydrogens is 325 g/mol. The number of piperazine rings is 1. The van der Waals surface area contributed by atoms with Gasteiger partial charge in [0.2, 0.25) is 6.41 Å². The number of benzene rings is 1. The Hall–Kier alpha value is -1.99. The van der Waals surface area contributed by atoms with Gasteiger partial charge >= 0.3 is 0 Å². The van der Waals surface area contributed by atoms with Gasteiger partial charge in [0.05, 0.1) is 0 Å². The summed E-state index contributed by atoms with van der Waals surface area (Å²) in [6.07, 6.45) is 2.05. The molecule has 2 heterocycles. The second-order valence-corrected chi connectivity index (χ2v) is 6.60. The molecule has 2 saturated heterocycles. The smallest absolute Gasteiger partial charge is 0.251 e. The Balaban J connectivity index is 1.59. The van der Waals surface area contributed by atoms with Crippen LogP contribution in [0, 0.1) is 12.7 Å². The van der Waals surface area contributed by atoms with E-state index in [1.54, 1.807) is 0 Å². The Morgan fingerprint density at radius 2 is 2.12 bits per heavy atom. The van der Waals surface area contributed by atoms with Crippen molar-refractivity contribution < 1.29 is 18.7 Å². The summed E-state index contributed by atoms with van der Waals surface area (Å²) >= 11 is 0. The fourth-order valence-electron chi connectivity index (χ4n) is 3.46. The first-order valence-corrected chi connectivity index (χ1v) is 8.70. The largest absolute Gasteiger partial charge is 0.368 e. The maximum atomic E-state index is 13.8. The van der Waals surface area contributed by atoms with Crippen LogP contribution in [-0.4, -0.2) is 61.0 Å². The first-order valence-electron chi connectivity index (χ1n) is 8.70. The first-order chi connectivity index (χ1) is 12.1. The highest BCUT2D eigenvalue weighted by molar-refractivity contribution is 5.81. The maximum absolute atomic E-state index is 13.8. The van der Waals surface area contributed by atoms with Gasteiger partial charge < -0.3 is 15.0 Å². The van der Waals surface area contributed by atoms with Gasteiger partial charge in [-0.2, -0.15) is 0 Å². The predicted molar refractivity (Wildman–Crippen MR) is 91.7 cm³/mol. The maximum Gasteiger partial charge on any atom is 0.251 e. The van der Waals surface area contributed by atoms with E-state index in [4.69, 9.17) is 4.74 Å². The summed E-state index contributed by atoms with van der Waals surface area (Å²) in [7, 11) is 0. The third kappa shape index (κ3) is 4.16. The fraction of sp³-hybridized carbons (Fsp3) is 0.556. The number of amides is 2. The van der Waals surface area contributed by atoms with E-state index in [0.29, 0.717) is 38.3 Å². The van der Waals surface area contributed by atoms with E-state index in [1.165, 1.54) is 12.1 Å². The molecule has 2 amide bonds. The Morgan fingerprint density at radius 3 is 2.76 bits per heavy atom. The molecule has 0 aromatic heterocycles. The molecule has 1 unspecified atom stereocenters. The van der Waals surface area contributed by atoms with Crippen LogP contribution in [0.25, 0.3) is 0 Å². The second-order valence-electron chi connectivity index (χ2n) is 6.60. The van der Waals surface area contributed by atoms with Crippen molar-refractivity contribution in [1.29, 1.82) is 0 Å². The van der Waals surface area contributed by atoms with Gasteiger partial charge in [-0.1, -0.05) is 0 Å². The molecule has 2 fully saturated rings. The third-order valence-electron chi connectivity index (χ3n) is 4.98. The number of carbonyl (C=O) groups excluding carboxylic acids is 2. The quantitative estimate of drug-likeness (QED) is 0.819. The van der Waals surface area contributed by atoms with E-state index in [0.717, 1.165) is 37.1 Å². The summed E-state index contributed by atoms with van der Waals surface area (Å²) in [5.74, 6) is -0.270. The fourth-order valence-corrected chi connectivity index (χ4v) is 3.46. The molecule has 0 spiro atoms. The van der Waals surface area contributed by atoms with E-state index < -0.39 is 0 Å². The van der Waals surface area contributed by atoms with Crippen LogP contribution >= 0.6 is 0 Å². The minimum Gasteiger partial charge on any atom is -0.368 e. The van der Waals surface area contributed by atoms with Gasteiger partial charge in [0.1, 0.15) is 11.9 Å². The number of carbonyl (C=O) groups is 2. The Morgan fingerprint density at radius 1 is 1.36 bits per heavy atom. The van der Waals surface area contributed by atoms with E-state index in [9.17, 15) is 14.0 Å². The highest BCUT2D eigenvalue weighted by atomic mass is 19.1. The zero-order valence-corrected chi connectivity index (χ0v) is 14.5. The topological polar surface area (TPSA) is 61.9 Å². The van der Waals surface area contributed by atoms with Crippen molar-refractivity contribution in [2.24, 2.45) is 0 Å². The molecule has 136 valence electrons. The lowest BCUT2D eigenvalue weighted by Crippen LogP contribution is -2.51. The molecule has 2 aliphatic heterocycles. The number of anilines is 1. The average Bonchev–Trinajstić information content (AvgIpc) is 3.14. The van der Waals surface area contributed by atoms with E-state index in [2.05, 4.69) is 10.2 Å². The second kappa shape index (κ2) is 7.93. The molecule has 1 N–H and O–H groups in total. The number of hydrogen-bond acceptors (Lipinski definition) is 4. The van der Waals surface area contributed by atoms with Crippen LogP contribution in [0.2, 0.25) is 0 Å². The Bertz CT molecular complexity index is 639. The van der Waals surface area contributed by atoms with Gasteiger partial charge in [0.15, 0.2) is 0 Å². The van der Waals surface area contributed by atoms with Crippen molar-refractivity contribution in [3.63, 3.8) is 0 Å². The van der Waals surface area contributed by atoms with E-state index in [1.807, 2.05) is 11.8 Å². The third-order valence-corrected chi connectivity index (χ3v) is 4.98. The SMILES string of the molecule is Cc1c(CN2CCN(C(=O)C3CCCO3)CC2)cc(F)cc1NC=O. The standard InChI is InChI=1S/C18H24FN3O3/c1-13-14(9-15(19)10-16(13)20-12-23)11-21-4-6-22(7-5-21)18(24)17-3-2-8-25-17/h9-10,12,17H,2-8,11H2,1H3,(H,20,23). The monoisotopic (exact) mass is 349 g/mol. The highest BCUT2D eigenvalue weighted by Crippen LogP contribution is 2.23. The molecule has 6 nitrogen and oxygen atoms in total. The molecule has 2 aliphatic rings. The molecule has 0 aliphatic carbocycles. The minimum atomic E-state index is -0.364. The number of ether oxygens (including phenoxy) is 1. The summed E-state index contributed by atoms with van der Waals surface area (Å²) in [6, 6.07) is 2.83. The van der Waals surface area contributed by atoms with Gasteiger partial charge in [0, 0.05) is 45.0 Å². The van der Waals surface area contributed by atoms with Crippen LogP contribution < -0.4 is 5.32 Å². The zero-order valence-electron chi connectivity index (χ0n) is 14.5. The van der Waals surface area contributed by atoms with Crippen molar-refractivity contribution in [3.8, 4) is 0 Å². The average molecular weight is 349 g/mol. The first kappa shape index (κ1) is 17.8. The summed E-state index contributed by atoms with van der Waals surface area (Å²) in [4.78, 5) is 27.1. The van der Waals surface area contributed by atoms with Gasteiger partial charge in [-0.15, -0.1) is 0 Å². The van der Waals surface area contributed by atoms with Crippen LogP contribution in [0.15, 0.2) is 12.1 Å². The van der Waals surface area contributed by atoms with Crippen molar-refractivity contribution in [2.45, 2.75) is 32.4 Å². The molecule has 0 radical (unpaired) electrons. The van der Waals surface area contributed by atoms with Crippen molar-refractivity contribution >= 4 is 18.0 Å². The number of halogens is 1. The minimum absolute atomic E-state index is 0.0940. The highest BCUT2D eigenvalue weighted by Gasteiger charge is 2.30. The van der Waals surface area contributed by atoms with Crippen LogP contribution in [0.3, 0.4) is 0 Å². The lowest BCUT2D eigenvalue weighted by molar-refractivity contribution is -0.142. The van der Waals surface area contributed by atoms with Crippen molar-refractivity contribution in [3.05, 3.63) is 29.1 Å². The number of nitrogens with one attached hydrogen (secondary N) is 1. The summed E-state index contributed by atoms with van der Waals surface area (Å²) in [5.41, 5.74) is 2.21. The Kier molecular flexibility index (Phi) is 5.65. The predicted octanol–water partition coefficient (Wildman–Crippen LogP) is 1.53. The molecule has 0 saturated carbocycles. The van der Waals surface area contributed by atoms with Crippen molar-refractivity contribution in [1.82, 2.24) is 9.80 Å². The normalized spacial score (nSPS) is 21.4. The zero-order chi connectivity index (χ0) is 17.8. The van der Waals surface area contributed by atoms with Gasteiger partial charge in [-0.25, -0.2) is 4.39 Å². The summed E-state index contributed by atoms with van der Waals surface area (Å²) in [5, 5.41) is 2.54. The van der Waals surface area contributed by atoms with E-state index in [-0.39, 0.29) is 17.8 Å².